The van der Waals surface area contributed by atoms with E-state index in [1.165, 1.54) is 16.7 Å². The molecule has 3 nitrogen and oxygen atoms in total. The van der Waals surface area contributed by atoms with E-state index < -0.39 is 0 Å². The molecule has 1 heterocycles. The second-order valence-electron chi connectivity index (χ2n) is 5.77. The standard InChI is InChI=1S/C16H24N2O/c1-12(2)17-16(19)7-9-18-8-6-14-10-13(3)4-5-15(14)11-18/h4-5,10,12H,6-9,11H2,1-3H3,(H,17,19). The van der Waals surface area contributed by atoms with Crippen molar-refractivity contribution in [3.63, 3.8) is 0 Å². The van der Waals surface area contributed by atoms with Crippen molar-refractivity contribution in [1.29, 1.82) is 0 Å². The average Bonchev–Trinajstić information content (AvgIpc) is 2.35. The van der Waals surface area contributed by atoms with Crippen LogP contribution in [0.4, 0.5) is 0 Å². The normalized spacial score (nSPS) is 15.4. The van der Waals surface area contributed by atoms with Gasteiger partial charge in [0.25, 0.3) is 0 Å². The lowest BCUT2D eigenvalue weighted by atomic mass is 9.97. The van der Waals surface area contributed by atoms with Crippen LogP contribution in [0.2, 0.25) is 0 Å². The Kier molecular flexibility index (Phi) is 4.59. The van der Waals surface area contributed by atoms with Crippen LogP contribution in [0.15, 0.2) is 18.2 Å². The number of hydrogen-bond donors (Lipinski definition) is 1. The smallest absolute Gasteiger partial charge is 0.221 e. The van der Waals surface area contributed by atoms with E-state index in [1.807, 2.05) is 13.8 Å². The number of aryl methyl sites for hydroxylation is 1. The number of nitrogens with one attached hydrogen (secondary N) is 1. The summed E-state index contributed by atoms with van der Waals surface area (Å²) >= 11 is 0. The molecule has 0 radical (unpaired) electrons. The molecule has 0 atom stereocenters. The number of hydrogen-bond acceptors (Lipinski definition) is 2. The van der Waals surface area contributed by atoms with Gasteiger partial charge in [-0.1, -0.05) is 23.8 Å². The number of nitrogens with zero attached hydrogens (tertiary/aromatic N) is 1. The van der Waals surface area contributed by atoms with Crippen molar-refractivity contribution in [1.82, 2.24) is 10.2 Å². The molecular formula is C16H24N2O. The number of benzene rings is 1. The highest BCUT2D eigenvalue weighted by Gasteiger charge is 2.16. The highest BCUT2D eigenvalue weighted by molar-refractivity contribution is 5.76. The Hall–Kier alpha value is -1.35. The largest absolute Gasteiger partial charge is 0.354 e. The summed E-state index contributed by atoms with van der Waals surface area (Å²) in [5.74, 6) is 0.157. The molecular weight excluding hydrogens is 236 g/mol. The Balaban J connectivity index is 1.85. The van der Waals surface area contributed by atoms with Gasteiger partial charge in [-0.15, -0.1) is 0 Å². The first-order valence-electron chi connectivity index (χ1n) is 7.14. The van der Waals surface area contributed by atoms with Crippen molar-refractivity contribution in [2.45, 2.75) is 46.2 Å². The van der Waals surface area contributed by atoms with Crippen molar-refractivity contribution in [2.24, 2.45) is 0 Å². The Morgan fingerprint density at radius 3 is 2.89 bits per heavy atom. The molecule has 1 aromatic rings. The minimum atomic E-state index is 0.157. The fourth-order valence-corrected chi connectivity index (χ4v) is 2.58. The van der Waals surface area contributed by atoms with Crippen LogP contribution in [-0.4, -0.2) is 29.9 Å². The van der Waals surface area contributed by atoms with Crippen molar-refractivity contribution in [2.75, 3.05) is 13.1 Å². The summed E-state index contributed by atoms with van der Waals surface area (Å²) in [5.41, 5.74) is 4.23. The van der Waals surface area contributed by atoms with Crippen LogP contribution in [0.25, 0.3) is 0 Å². The van der Waals surface area contributed by atoms with E-state index in [9.17, 15) is 4.79 Å². The molecule has 1 aromatic carbocycles. The maximum Gasteiger partial charge on any atom is 0.221 e. The quantitative estimate of drug-likeness (QED) is 0.900. The van der Waals surface area contributed by atoms with E-state index in [0.29, 0.717) is 6.42 Å². The molecule has 0 fully saturated rings. The fourth-order valence-electron chi connectivity index (χ4n) is 2.58. The number of fused-ring (bicyclic) bond motifs is 1. The average molecular weight is 260 g/mol. The second-order valence-corrected chi connectivity index (χ2v) is 5.77. The summed E-state index contributed by atoms with van der Waals surface area (Å²) in [6.45, 7) is 9.03. The summed E-state index contributed by atoms with van der Waals surface area (Å²) in [7, 11) is 0. The molecule has 0 spiro atoms. The van der Waals surface area contributed by atoms with Gasteiger partial charge in [0.15, 0.2) is 0 Å². The molecule has 0 saturated carbocycles. The zero-order chi connectivity index (χ0) is 13.8. The predicted octanol–water partition coefficient (Wildman–Crippen LogP) is 2.27. The summed E-state index contributed by atoms with van der Waals surface area (Å²) in [5, 5.41) is 2.94. The molecule has 0 unspecified atom stereocenters. The highest BCUT2D eigenvalue weighted by atomic mass is 16.1. The molecule has 1 aliphatic heterocycles. The van der Waals surface area contributed by atoms with Gasteiger partial charge in [0.2, 0.25) is 5.91 Å². The molecule has 104 valence electrons. The molecule has 0 aliphatic carbocycles. The molecule has 0 saturated heterocycles. The Morgan fingerprint density at radius 2 is 2.16 bits per heavy atom. The van der Waals surface area contributed by atoms with Gasteiger partial charge in [-0.05, 0) is 38.3 Å². The van der Waals surface area contributed by atoms with Gasteiger partial charge in [-0.25, -0.2) is 0 Å². The summed E-state index contributed by atoms with van der Waals surface area (Å²) in [4.78, 5) is 14.0. The van der Waals surface area contributed by atoms with Crippen LogP contribution in [-0.2, 0) is 17.8 Å². The van der Waals surface area contributed by atoms with Gasteiger partial charge in [0.05, 0.1) is 0 Å². The first-order valence-corrected chi connectivity index (χ1v) is 7.14. The summed E-state index contributed by atoms with van der Waals surface area (Å²) in [6, 6.07) is 6.93. The van der Waals surface area contributed by atoms with E-state index in [1.54, 1.807) is 0 Å². The second kappa shape index (κ2) is 6.20. The summed E-state index contributed by atoms with van der Waals surface area (Å²) < 4.78 is 0. The van der Waals surface area contributed by atoms with E-state index in [2.05, 4.69) is 35.3 Å². The zero-order valence-electron chi connectivity index (χ0n) is 12.2. The Morgan fingerprint density at radius 1 is 1.37 bits per heavy atom. The summed E-state index contributed by atoms with van der Waals surface area (Å²) in [6.07, 6.45) is 1.70. The maximum atomic E-state index is 11.6. The predicted molar refractivity (Wildman–Crippen MR) is 78.1 cm³/mol. The van der Waals surface area contributed by atoms with Crippen LogP contribution in [0, 0.1) is 6.92 Å². The van der Waals surface area contributed by atoms with Crippen molar-refractivity contribution < 1.29 is 4.79 Å². The Bertz CT molecular complexity index is 454. The third-order valence-corrected chi connectivity index (χ3v) is 3.56. The molecule has 2 rings (SSSR count). The number of carbonyl (C=O) groups excluding carboxylic acids is 1. The number of rotatable bonds is 4. The molecule has 1 aliphatic rings. The van der Waals surface area contributed by atoms with Crippen molar-refractivity contribution >= 4 is 5.91 Å². The van der Waals surface area contributed by atoms with Gasteiger partial charge in [-0.2, -0.15) is 0 Å². The maximum absolute atomic E-state index is 11.6. The first kappa shape index (κ1) is 14.1. The monoisotopic (exact) mass is 260 g/mol. The third-order valence-electron chi connectivity index (χ3n) is 3.56. The SMILES string of the molecule is Cc1ccc2c(c1)CCN(CCC(=O)NC(C)C)C2. The van der Waals surface area contributed by atoms with Crippen LogP contribution in [0.1, 0.15) is 37.0 Å². The van der Waals surface area contributed by atoms with Crippen LogP contribution in [0.3, 0.4) is 0 Å². The number of amides is 1. The molecule has 3 heteroatoms. The van der Waals surface area contributed by atoms with E-state index in [-0.39, 0.29) is 11.9 Å². The molecule has 0 aromatic heterocycles. The highest BCUT2D eigenvalue weighted by Crippen LogP contribution is 2.20. The number of carbonyl (C=O) groups is 1. The van der Waals surface area contributed by atoms with Gasteiger partial charge in [0, 0.05) is 32.1 Å². The fraction of sp³-hybridized carbons (Fsp3) is 0.562. The van der Waals surface area contributed by atoms with Gasteiger partial charge < -0.3 is 5.32 Å². The van der Waals surface area contributed by atoms with Crippen molar-refractivity contribution in [3.05, 3.63) is 34.9 Å². The van der Waals surface area contributed by atoms with Crippen LogP contribution >= 0.6 is 0 Å². The van der Waals surface area contributed by atoms with Gasteiger partial charge in [0.1, 0.15) is 0 Å². The topological polar surface area (TPSA) is 32.3 Å². The van der Waals surface area contributed by atoms with Gasteiger partial charge >= 0.3 is 0 Å². The third kappa shape index (κ3) is 4.06. The van der Waals surface area contributed by atoms with Crippen LogP contribution in [0.5, 0.6) is 0 Å². The lowest BCUT2D eigenvalue weighted by molar-refractivity contribution is -0.121. The van der Waals surface area contributed by atoms with E-state index >= 15 is 0 Å². The van der Waals surface area contributed by atoms with Crippen molar-refractivity contribution in [3.8, 4) is 0 Å². The first-order chi connectivity index (χ1) is 9.04. The minimum Gasteiger partial charge on any atom is -0.354 e. The molecule has 0 bridgehead atoms. The minimum absolute atomic E-state index is 0.157. The molecule has 19 heavy (non-hydrogen) atoms. The molecule has 1 amide bonds. The molecule has 1 N–H and O–H groups in total. The zero-order valence-corrected chi connectivity index (χ0v) is 12.2. The lowest BCUT2D eigenvalue weighted by Gasteiger charge is -2.28. The van der Waals surface area contributed by atoms with Gasteiger partial charge in [-0.3, -0.25) is 9.69 Å². The Labute approximate surface area is 116 Å². The van der Waals surface area contributed by atoms with Crippen LogP contribution < -0.4 is 5.32 Å². The van der Waals surface area contributed by atoms with E-state index in [4.69, 9.17) is 0 Å². The van der Waals surface area contributed by atoms with E-state index in [0.717, 1.165) is 26.1 Å². The lowest BCUT2D eigenvalue weighted by Crippen LogP contribution is -2.36.